The Kier molecular flexibility index (Phi) is 4.56. The van der Waals surface area contributed by atoms with E-state index in [4.69, 9.17) is 16.3 Å². The summed E-state index contributed by atoms with van der Waals surface area (Å²) in [6.07, 6.45) is 1.93. The van der Waals surface area contributed by atoms with Crippen LogP contribution in [0.15, 0.2) is 18.2 Å². The first-order valence-corrected chi connectivity index (χ1v) is 5.15. The second kappa shape index (κ2) is 5.71. The van der Waals surface area contributed by atoms with Crippen LogP contribution in [0.4, 0.5) is 4.39 Å². The smallest absolute Gasteiger partial charge is 0.255 e. The summed E-state index contributed by atoms with van der Waals surface area (Å²) in [7, 11) is 0. The third-order valence-electron chi connectivity index (χ3n) is 1.92. The Bertz CT molecular complexity index is 352. The van der Waals surface area contributed by atoms with Crippen LogP contribution in [-0.4, -0.2) is 11.8 Å². The molecule has 0 aliphatic rings. The van der Waals surface area contributed by atoms with E-state index in [1.807, 2.05) is 6.92 Å². The minimum absolute atomic E-state index is 0.125. The molecule has 82 valence electrons. The molecule has 0 atom stereocenters. The lowest BCUT2D eigenvalue weighted by Crippen LogP contribution is -1.99. The van der Waals surface area contributed by atoms with Crippen LogP contribution in [0.25, 0.3) is 0 Å². The SMILES string of the molecule is CCCCOc1ccc(C(=O)Cl)c(F)c1. The molecule has 0 saturated carbocycles. The molecule has 0 radical (unpaired) electrons. The van der Waals surface area contributed by atoms with Gasteiger partial charge in [0.25, 0.3) is 5.24 Å². The number of hydrogen-bond acceptors (Lipinski definition) is 2. The molecule has 0 N–H and O–H groups in total. The van der Waals surface area contributed by atoms with Gasteiger partial charge in [-0.25, -0.2) is 4.39 Å². The van der Waals surface area contributed by atoms with E-state index in [0.29, 0.717) is 12.4 Å². The maximum atomic E-state index is 13.2. The Morgan fingerprint density at radius 3 is 2.80 bits per heavy atom. The molecule has 2 nitrogen and oxygen atoms in total. The normalized spacial score (nSPS) is 10.1. The molecular weight excluding hydrogens is 219 g/mol. The molecule has 15 heavy (non-hydrogen) atoms. The van der Waals surface area contributed by atoms with Gasteiger partial charge in [0.2, 0.25) is 0 Å². The zero-order valence-electron chi connectivity index (χ0n) is 8.43. The minimum atomic E-state index is -0.799. The molecule has 0 saturated heterocycles. The van der Waals surface area contributed by atoms with E-state index in [9.17, 15) is 9.18 Å². The van der Waals surface area contributed by atoms with E-state index in [-0.39, 0.29) is 5.56 Å². The third-order valence-corrected chi connectivity index (χ3v) is 2.12. The van der Waals surface area contributed by atoms with E-state index >= 15 is 0 Å². The Hall–Kier alpha value is -1.09. The molecule has 0 spiro atoms. The van der Waals surface area contributed by atoms with Gasteiger partial charge in [0.1, 0.15) is 11.6 Å². The van der Waals surface area contributed by atoms with Gasteiger partial charge in [0.05, 0.1) is 12.2 Å². The first kappa shape index (κ1) is 12.0. The van der Waals surface area contributed by atoms with Crippen molar-refractivity contribution >= 4 is 16.8 Å². The van der Waals surface area contributed by atoms with Crippen molar-refractivity contribution in [3.05, 3.63) is 29.6 Å². The third kappa shape index (κ3) is 3.51. The van der Waals surface area contributed by atoms with Gasteiger partial charge in [-0.3, -0.25) is 4.79 Å². The van der Waals surface area contributed by atoms with Crippen LogP contribution in [0, 0.1) is 5.82 Å². The molecule has 0 fully saturated rings. The first-order chi connectivity index (χ1) is 7.15. The molecule has 1 aromatic carbocycles. The zero-order valence-corrected chi connectivity index (χ0v) is 9.18. The summed E-state index contributed by atoms with van der Waals surface area (Å²) in [5.74, 6) is -0.230. The number of carbonyl (C=O) groups is 1. The summed E-state index contributed by atoms with van der Waals surface area (Å²) in [6.45, 7) is 2.59. The predicted octanol–water partition coefficient (Wildman–Crippen LogP) is 3.38. The van der Waals surface area contributed by atoms with Crippen molar-refractivity contribution in [3.63, 3.8) is 0 Å². The van der Waals surface area contributed by atoms with Crippen molar-refractivity contribution in [3.8, 4) is 5.75 Å². The number of benzene rings is 1. The first-order valence-electron chi connectivity index (χ1n) is 4.77. The van der Waals surface area contributed by atoms with E-state index in [1.54, 1.807) is 0 Å². The number of ether oxygens (including phenoxy) is 1. The molecular formula is C11H12ClFO2. The van der Waals surface area contributed by atoms with E-state index in [0.717, 1.165) is 12.8 Å². The van der Waals surface area contributed by atoms with Gasteiger partial charge in [0.15, 0.2) is 0 Å². The van der Waals surface area contributed by atoms with Gasteiger partial charge in [-0.1, -0.05) is 13.3 Å². The molecule has 1 rings (SSSR count). The second-order valence-corrected chi connectivity index (χ2v) is 3.46. The predicted molar refractivity (Wildman–Crippen MR) is 57.0 cm³/mol. The van der Waals surface area contributed by atoms with Crippen molar-refractivity contribution in [1.29, 1.82) is 0 Å². The van der Waals surface area contributed by atoms with Gasteiger partial charge in [-0.05, 0) is 30.2 Å². The van der Waals surface area contributed by atoms with Gasteiger partial charge < -0.3 is 4.74 Å². The van der Waals surface area contributed by atoms with Crippen molar-refractivity contribution in [2.75, 3.05) is 6.61 Å². The van der Waals surface area contributed by atoms with Crippen LogP contribution in [-0.2, 0) is 0 Å². The highest BCUT2D eigenvalue weighted by atomic mass is 35.5. The quantitative estimate of drug-likeness (QED) is 0.573. The summed E-state index contributed by atoms with van der Waals surface area (Å²) >= 11 is 5.17. The number of unbranched alkanes of at least 4 members (excludes halogenated alkanes) is 1. The average molecular weight is 231 g/mol. The Labute approximate surface area is 93.0 Å². The summed E-state index contributed by atoms with van der Waals surface area (Å²) in [6, 6.07) is 4.03. The van der Waals surface area contributed by atoms with Crippen LogP contribution >= 0.6 is 11.6 Å². The van der Waals surface area contributed by atoms with Crippen molar-refractivity contribution < 1.29 is 13.9 Å². The summed E-state index contributed by atoms with van der Waals surface area (Å²) in [5, 5.41) is -0.799. The summed E-state index contributed by atoms with van der Waals surface area (Å²) < 4.78 is 18.5. The summed E-state index contributed by atoms with van der Waals surface area (Å²) in [4.78, 5) is 10.7. The lowest BCUT2D eigenvalue weighted by molar-refractivity contribution is 0.107. The highest BCUT2D eigenvalue weighted by Gasteiger charge is 2.09. The van der Waals surface area contributed by atoms with Crippen molar-refractivity contribution in [1.82, 2.24) is 0 Å². The highest BCUT2D eigenvalue weighted by Crippen LogP contribution is 2.18. The second-order valence-electron chi connectivity index (χ2n) is 3.12. The largest absolute Gasteiger partial charge is 0.493 e. The molecule has 0 amide bonds. The molecule has 4 heteroatoms. The van der Waals surface area contributed by atoms with E-state index in [2.05, 4.69) is 0 Å². The molecule has 0 aliphatic heterocycles. The molecule has 0 bridgehead atoms. The fraction of sp³-hybridized carbons (Fsp3) is 0.364. The zero-order chi connectivity index (χ0) is 11.3. The Balaban J connectivity index is 2.69. The van der Waals surface area contributed by atoms with Crippen LogP contribution in [0.2, 0.25) is 0 Å². The average Bonchev–Trinajstić information content (AvgIpc) is 2.17. The number of halogens is 2. The minimum Gasteiger partial charge on any atom is -0.493 e. The lowest BCUT2D eigenvalue weighted by atomic mass is 10.2. The maximum absolute atomic E-state index is 13.2. The molecule has 0 heterocycles. The number of rotatable bonds is 5. The number of carbonyl (C=O) groups excluding carboxylic acids is 1. The maximum Gasteiger partial charge on any atom is 0.255 e. The molecule has 0 aromatic heterocycles. The molecule has 1 aromatic rings. The monoisotopic (exact) mass is 230 g/mol. The van der Waals surface area contributed by atoms with Gasteiger partial charge >= 0.3 is 0 Å². The number of hydrogen-bond donors (Lipinski definition) is 0. The molecule has 0 unspecified atom stereocenters. The fourth-order valence-electron chi connectivity index (χ4n) is 1.08. The standard InChI is InChI=1S/C11H12ClFO2/c1-2-3-6-15-8-4-5-9(11(12)14)10(13)7-8/h4-5,7H,2-3,6H2,1H3. The van der Waals surface area contributed by atoms with E-state index < -0.39 is 11.1 Å². The van der Waals surface area contributed by atoms with Crippen molar-refractivity contribution in [2.45, 2.75) is 19.8 Å². The molecule has 0 aliphatic carbocycles. The van der Waals surface area contributed by atoms with Gasteiger partial charge in [-0.15, -0.1) is 0 Å². The van der Waals surface area contributed by atoms with Crippen LogP contribution < -0.4 is 4.74 Å². The Morgan fingerprint density at radius 2 is 2.27 bits per heavy atom. The lowest BCUT2D eigenvalue weighted by Gasteiger charge is -2.05. The van der Waals surface area contributed by atoms with Gasteiger partial charge in [0, 0.05) is 6.07 Å². The van der Waals surface area contributed by atoms with Crippen LogP contribution in [0.1, 0.15) is 30.1 Å². The Morgan fingerprint density at radius 1 is 1.53 bits per heavy atom. The van der Waals surface area contributed by atoms with Crippen LogP contribution in [0.3, 0.4) is 0 Å². The van der Waals surface area contributed by atoms with Crippen molar-refractivity contribution in [2.24, 2.45) is 0 Å². The highest BCUT2D eigenvalue weighted by molar-refractivity contribution is 6.67. The van der Waals surface area contributed by atoms with Crippen LogP contribution in [0.5, 0.6) is 5.75 Å². The summed E-state index contributed by atoms with van der Waals surface area (Å²) in [5.41, 5.74) is -0.125. The topological polar surface area (TPSA) is 26.3 Å². The fourth-order valence-corrected chi connectivity index (χ4v) is 1.23. The van der Waals surface area contributed by atoms with E-state index in [1.165, 1.54) is 18.2 Å². The van der Waals surface area contributed by atoms with Gasteiger partial charge in [-0.2, -0.15) is 0 Å².